The van der Waals surface area contributed by atoms with Crippen LogP contribution in [-0.2, 0) is 4.74 Å². The molecule has 0 aromatic carbocycles. The van der Waals surface area contributed by atoms with Crippen LogP contribution in [-0.4, -0.2) is 41.8 Å². The van der Waals surface area contributed by atoms with Gasteiger partial charge in [-0.1, -0.05) is 12.2 Å². The molecule has 0 spiro atoms. The van der Waals surface area contributed by atoms with Crippen molar-refractivity contribution in [3.8, 4) is 0 Å². The molecule has 1 N–H and O–H groups in total. The topological polar surface area (TPSA) is 41.6 Å². The Morgan fingerprint density at radius 3 is 2.58 bits per heavy atom. The van der Waals surface area contributed by atoms with Gasteiger partial charge in [-0.3, -0.25) is 0 Å². The first-order valence-electron chi connectivity index (χ1n) is 7.33. The molecule has 1 aliphatic heterocycles. The highest BCUT2D eigenvalue weighted by Crippen LogP contribution is 2.17. The monoisotopic (exact) mass is 266 g/mol. The van der Waals surface area contributed by atoms with E-state index in [1.165, 1.54) is 0 Å². The fourth-order valence-electron chi connectivity index (χ4n) is 2.69. The van der Waals surface area contributed by atoms with E-state index in [2.05, 4.69) is 17.5 Å². The Morgan fingerprint density at radius 1 is 1.26 bits per heavy atom. The normalized spacial score (nSPS) is 24.8. The van der Waals surface area contributed by atoms with Gasteiger partial charge in [0.25, 0.3) is 0 Å². The number of nitrogens with one attached hydrogen (secondary N) is 1. The fourth-order valence-corrected chi connectivity index (χ4v) is 2.69. The maximum atomic E-state index is 12.1. The van der Waals surface area contributed by atoms with Crippen LogP contribution in [0.3, 0.4) is 0 Å². The van der Waals surface area contributed by atoms with Gasteiger partial charge in [0.1, 0.15) is 5.60 Å². The lowest BCUT2D eigenvalue weighted by molar-refractivity contribution is 0.0183. The van der Waals surface area contributed by atoms with E-state index in [-0.39, 0.29) is 6.09 Å². The van der Waals surface area contributed by atoms with Crippen molar-refractivity contribution in [2.45, 2.75) is 64.1 Å². The van der Waals surface area contributed by atoms with Crippen LogP contribution in [0.2, 0.25) is 0 Å². The predicted molar refractivity (Wildman–Crippen MR) is 76.1 cm³/mol. The average Bonchev–Trinajstić information content (AvgIpc) is 2.80. The molecule has 0 aromatic rings. The summed E-state index contributed by atoms with van der Waals surface area (Å²) >= 11 is 0. The molecule has 0 unspecified atom stereocenters. The number of hydrogen-bond donors (Lipinski definition) is 1. The summed E-state index contributed by atoms with van der Waals surface area (Å²) in [6.45, 7) is 7.32. The van der Waals surface area contributed by atoms with Crippen LogP contribution in [0, 0.1) is 0 Å². The molecule has 19 heavy (non-hydrogen) atoms. The van der Waals surface area contributed by atoms with E-state index in [4.69, 9.17) is 4.74 Å². The van der Waals surface area contributed by atoms with Gasteiger partial charge < -0.3 is 15.0 Å². The summed E-state index contributed by atoms with van der Waals surface area (Å²) in [5.41, 5.74) is -0.410. The quantitative estimate of drug-likeness (QED) is 0.781. The third-order valence-electron chi connectivity index (χ3n) is 3.55. The third-order valence-corrected chi connectivity index (χ3v) is 3.55. The van der Waals surface area contributed by atoms with Crippen molar-refractivity contribution in [2.75, 3.05) is 13.1 Å². The summed E-state index contributed by atoms with van der Waals surface area (Å²) < 4.78 is 5.44. The number of rotatable bonds is 2. The lowest BCUT2D eigenvalue weighted by Gasteiger charge is -2.35. The van der Waals surface area contributed by atoms with Gasteiger partial charge in [-0.2, -0.15) is 0 Å². The van der Waals surface area contributed by atoms with Gasteiger partial charge in [0.05, 0.1) is 0 Å². The number of ether oxygens (including phenoxy) is 1. The smallest absolute Gasteiger partial charge is 0.410 e. The number of carbonyl (C=O) groups excluding carboxylic acids is 1. The zero-order chi connectivity index (χ0) is 13.9. The molecule has 1 atom stereocenters. The van der Waals surface area contributed by atoms with E-state index in [0.717, 1.165) is 38.8 Å². The summed E-state index contributed by atoms with van der Waals surface area (Å²) in [5, 5.41) is 3.65. The Morgan fingerprint density at radius 2 is 1.95 bits per heavy atom. The molecule has 1 fully saturated rings. The second-order valence-electron chi connectivity index (χ2n) is 6.57. The molecule has 0 saturated carbocycles. The van der Waals surface area contributed by atoms with E-state index in [1.807, 2.05) is 25.7 Å². The largest absolute Gasteiger partial charge is 0.444 e. The Hall–Kier alpha value is -1.03. The van der Waals surface area contributed by atoms with Crippen molar-refractivity contribution >= 4 is 6.09 Å². The second-order valence-corrected chi connectivity index (χ2v) is 6.57. The Bertz CT molecular complexity index is 339. The van der Waals surface area contributed by atoms with Crippen molar-refractivity contribution in [3.05, 3.63) is 12.2 Å². The summed E-state index contributed by atoms with van der Waals surface area (Å²) in [7, 11) is 0. The van der Waals surface area contributed by atoms with Crippen LogP contribution in [0.5, 0.6) is 0 Å². The molecule has 4 heteroatoms. The maximum Gasteiger partial charge on any atom is 0.410 e. The molecule has 1 heterocycles. The lowest BCUT2D eigenvalue weighted by atomic mass is 10.0. The molecular formula is C15H26N2O2. The van der Waals surface area contributed by atoms with Crippen LogP contribution in [0.1, 0.15) is 46.5 Å². The number of carbonyl (C=O) groups is 1. The van der Waals surface area contributed by atoms with Gasteiger partial charge in [-0.15, -0.1) is 0 Å². The first kappa shape index (κ1) is 14.4. The molecule has 4 nitrogen and oxygen atoms in total. The maximum absolute atomic E-state index is 12.1. The average molecular weight is 266 g/mol. The number of amides is 1. The molecule has 1 aliphatic carbocycles. The molecular weight excluding hydrogens is 240 g/mol. The minimum atomic E-state index is -0.410. The van der Waals surface area contributed by atoms with Crippen molar-refractivity contribution in [1.29, 1.82) is 0 Å². The molecule has 0 aromatic heterocycles. The minimum absolute atomic E-state index is 0.177. The Labute approximate surface area is 116 Å². The second kappa shape index (κ2) is 5.95. The molecule has 2 rings (SSSR count). The zero-order valence-electron chi connectivity index (χ0n) is 12.3. The highest BCUT2D eigenvalue weighted by atomic mass is 16.6. The van der Waals surface area contributed by atoms with E-state index >= 15 is 0 Å². The first-order valence-corrected chi connectivity index (χ1v) is 7.33. The van der Waals surface area contributed by atoms with E-state index < -0.39 is 5.60 Å². The molecule has 2 aliphatic rings. The van der Waals surface area contributed by atoms with Crippen molar-refractivity contribution in [1.82, 2.24) is 10.2 Å². The number of nitrogens with zero attached hydrogens (tertiary/aromatic N) is 1. The van der Waals surface area contributed by atoms with Gasteiger partial charge in [0.2, 0.25) is 0 Å². The highest BCUT2D eigenvalue weighted by molar-refractivity contribution is 5.68. The Balaban J connectivity index is 1.81. The van der Waals surface area contributed by atoms with Crippen LogP contribution < -0.4 is 5.32 Å². The summed E-state index contributed by atoms with van der Waals surface area (Å²) in [4.78, 5) is 13.9. The highest BCUT2D eigenvalue weighted by Gasteiger charge is 2.28. The zero-order valence-corrected chi connectivity index (χ0v) is 12.3. The van der Waals surface area contributed by atoms with Crippen LogP contribution >= 0.6 is 0 Å². The van der Waals surface area contributed by atoms with Crippen LogP contribution in [0.25, 0.3) is 0 Å². The summed E-state index contributed by atoms with van der Waals surface area (Å²) in [6.07, 6.45) is 8.71. The lowest BCUT2D eigenvalue weighted by Crippen LogP contribution is -2.51. The summed E-state index contributed by atoms with van der Waals surface area (Å²) in [6, 6.07) is 0.967. The standard InChI is InChI=1S/C15H26N2O2/c1-15(2,3)19-14(18)17-10-6-9-13(11-17)16-12-7-4-5-8-12/h4-5,12-13,16H,6-11H2,1-3H3/t13-/m1/s1. The number of piperidine rings is 1. The molecule has 0 bridgehead atoms. The number of hydrogen-bond acceptors (Lipinski definition) is 3. The van der Waals surface area contributed by atoms with Crippen molar-refractivity contribution in [3.63, 3.8) is 0 Å². The fraction of sp³-hybridized carbons (Fsp3) is 0.800. The van der Waals surface area contributed by atoms with Crippen LogP contribution in [0.4, 0.5) is 4.79 Å². The minimum Gasteiger partial charge on any atom is -0.444 e. The SMILES string of the molecule is CC(C)(C)OC(=O)N1CCC[C@@H](NC2CC=CC2)C1. The van der Waals surface area contributed by atoms with Gasteiger partial charge in [-0.05, 0) is 46.5 Å². The van der Waals surface area contributed by atoms with Crippen LogP contribution in [0.15, 0.2) is 12.2 Å². The summed E-state index contributed by atoms with van der Waals surface area (Å²) in [5.74, 6) is 0. The number of likely N-dealkylation sites (tertiary alicyclic amines) is 1. The van der Waals surface area contributed by atoms with Crippen molar-refractivity contribution < 1.29 is 9.53 Å². The Kier molecular flexibility index (Phi) is 4.50. The van der Waals surface area contributed by atoms with Crippen molar-refractivity contribution in [2.24, 2.45) is 0 Å². The van der Waals surface area contributed by atoms with E-state index in [0.29, 0.717) is 12.1 Å². The molecule has 1 amide bonds. The van der Waals surface area contributed by atoms with Gasteiger partial charge >= 0.3 is 6.09 Å². The molecule has 108 valence electrons. The molecule has 0 radical (unpaired) electrons. The van der Waals surface area contributed by atoms with E-state index in [1.54, 1.807) is 0 Å². The van der Waals surface area contributed by atoms with Gasteiger partial charge in [0, 0.05) is 25.2 Å². The van der Waals surface area contributed by atoms with Gasteiger partial charge in [-0.25, -0.2) is 4.79 Å². The predicted octanol–water partition coefficient (Wildman–Crippen LogP) is 2.69. The first-order chi connectivity index (χ1) is 8.94. The third kappa shape index (κ3) is 4.53. The van der Waals surface area contributed by atoms with E-state index in [9.17, 15) is 4.79 Å². The molecule has 1 saturated heterocycles. The van der Waals surface area contributed by atoms with Gasteiger partial charge in [0.15, 0.2) is 0 Å².